The number of carbonyl (C=O) groups excluding carboxylic acids is 4. The maximum Gasteiger partial charge on any atom is 0.338 e. The quantitative estimate of drug-likeness (QED) is 0.122. The molecule has 208 valence electrons. The minimum Gasteiger partial charge on any atom is -0.465 e. The van der Waals surface area contributed by atoms with Gasteiger partial charge in [0.05, 0.1) is 24.2 Å². The summed E-state index contributed by atoms with van der Waals surface area (Å²) >= 11 is 1.33. The van der Waals surface area contributed by atoms with Crippen molar-refractivity contribution in [1.82, 2.24) is 5.32 Å². The molecule has 0 saturated heterocycles. The van der Waals surface area contributed by atoms with Crippen molar-refractivity contribution in [1.29, 1.82) is 0 Å². The monoisotopic (exact) mass is 569 g/mol. The maximum atomic E-state index is 13.1. The largest absolute Gasteiger partial charge is 0.465 e. The molecule has 0 saturated carbocycles. The standard InChI is InChI=1S/C31H27N3O6S/c1-2-39-31(38)22-10-12-23(13-11-22)32-28(35)20-41-26-16-14-24(15-17-26)33-30(37)27(19-25-9-6-18-40-25)34-29(36)21-7-4-3-5-8-21/h3-19H,2,20H2,1H3,(H,32,35)(H,33,37)(H,34,36)/b27-19-. The summed E-state index contributed by atoms with van der Waals surface area (Å²) in [5, 5.41) is 8.21. The maximum absolute atomic E-state index is 13.1. The fourth-order valence-corrected chi connectivity index (χ4v) is 4.24. The van der Waals surface area contributed by atoms with E-state index in [1.165, 1.54) is 24.1 Å². The number of amides is 3. The van der Waals surface area contributed by atoms with E-state index in [2.05, 4.69) is 16.0 Å². The minimum atomic E-state index is -0.528. The number of furan rings is 1. The van der Waals surface area contributed by atoms with Gasteiger partial charge in [0.25, 0.3) is 11.8 Å². The van der Waals surface area contributed by atoms with Crippen LogP contribution in [0.3, 0.4) is 0 Å². The van der Waals surface area contributed by atoms with E-state index < -0.39 is 17.8 Å². The van der Waals surface area contributed by atoms with Gasteiger partial charge >= 0.3 is 5.97 Å². The molecule has 4 rings (SSSR count). The fourth-order valence-electron chi connectivity index (χ4n) is 3.54. The van der Waals surface area contributed by atoms with E-state index in [-0.39, 0.29) is 17.4 Å². The first-order valence-electron chi connectivity index (χ1n) is 12.6. The van der Waals surface area contributed by atoms with Crippen LogP contribution in [0.25, 0.3) is 6.08 Å². The molecule has 0 spiro atoms. The number of anilines is 2. The summed E-state index contributed by atoms with van der Waals surface area (Å²) in [7, 11) is 0. The summed E-state index contributed by atoms with van der Waals surface area (Å²) in [5.74, 6) is -1.02. The lowest BCUT2D eigenvalue weighted by molar-refractivity contribution is -0.114. The molecule has 0 aliphatic heterocycles. The van der Waals surface area contributed by atoms with Gasteiger partial charge in [0.1, 0.15) is 11.5 Å². The highest BCUT2D eigenvalue weighted by molar-refractivity contribution is 8.00. The van der Waals surface area contributed by atoms with Gasteiger partial charge in [-0.2, -0.15) is 0 Å². The van der Waals surface area contributed by atoms with Crippen LogP contribution in [-0.4, -0.2) is 36.1 Å². The normalized spacial score (nSPS) is 10.9. The third-order valence-electron chi connectivity index (χ3n) is 5.52. The van der Waals surface area contributed by atoms with E-state index in [0.29, 0.717) is 34.9 Å². The van der Waals surface area contributed by atoms with Crippen molar-refractivity contribution in [2.45, 2.75) is 11.8 Å². The molecule has 0 bridgehead atoms. The van der Waals surface area contributed by atoms with Crippen molar-refractivity contribution in [2.75, 3.05) is 23.0 Å². The Balaban J connectivity index is 1.32. The molecule has 3 amide bonds. The van der Waals surface area contributed by atoms with Gasteiger partial charge in [-0.05, 0) is 79.7 Å². The summed E-state index contributed by atoms with van der Waals surface area (Å²) < 4.78 is 10.3. The number of benzene rings is 3. The zero-order valence-electron chi connectivity index (χ0n) is 22.1. The molecule has 4 aromatic rings. The number of hydrogen-bond donors (Lipinski definition) is 3. The Morgan fingerprint density at radius 1 is 0.805 bits per heavy atom. The van der Waals surface area contributed by atoms with Crippen LogP contribution in [0.5, 0.6) is 0 Å². The first kappa shape index (κ1) is 28.9. The van der Waals surface area contributed by atoms with Gasteiger partial charge in [0, 0.05) is 27.9 Å². The van der Waals surface area contributed by atoms with Crippen LogP contribution in [0.4, 0.5) is 11.4 Å². The molecule has 3 N–H and O–H groups in total. The van der Waals surface area contributed by atoms with Crippen LogP contribution >= 0.6 is 11.8 Å². The van der Waals surface area contributed by atoms with Crippen LogP contribution in [-0.2, 0) is 14.3 Å². The summed E-state index contributed by atoms with van der Waals surface area (Å²) in [6, 6.07) is 25.3. The molecule has 3 aromatic carbocycles. The highest BCUT2D eigenvalue weighted by Gasteiger charge is 2.16. The number of carbonyl (C=O) groups is 4. The number of rotatable bonds is 11. The molecule has 0 atom stereocenters. The van der Waals surface area contributed by atoms with E-state index in [0.717, 1.165) is 4.90 Å². The number of nitrogens with one attached hydrogen (secondary N) is 3. The first-order chi connectivity index (χ1) is 19.9. The summed E-state index contributed by atoms with van der Waals surface area (Å²) in [6.45, 7) is 2.03. The molecule has 0 fully saturated rings. The van der Waals surface area contributed by atoms with Gasteiger partial charge in [0.15, 0.2) is 0 Å². The topological polar surface area (TPSA) is 127 Å². The highest BCUT2D eigenvalue weighted by atomic mass is 32.2. The molecule has 1 aromatic heterocycles. The van der Waals surface area contributed by atoms with E-state index in [1.807, 2.05) is 0 Å². The number of ether oxygens (including phenoxy) is 1. The number of hydrogen-bond acceptors (Lipinski definition) is 7. The molecule has 0 unspecified atom stereocenters. The number of thioether (sulfide) groups is 1. The molecule has 10 heteroatoms. The average Bonchev–Trinajstić information content (AvgIpc) is 3.50. The van der Waals surface area contributed by atoms with E-state index in [9.17, 15) is 19.2 Å². The predicted octanol–water partition coefficient (Wildman–Crippen LogP) is 5.60. The van der Waals surface area contributed by atoms with Crippen molar-refractivity contribution < 1.29 is 28.3 Å². The Morgan fingerprint density at radius 2 is 1.49 bits per heavy atom. The van der Waals surface area contributed by atoms with Crippen molar-refractivity contribution in [2.24, 2.45) is 0 Å². The molecule has 0 aliphatic carbocycles. The SMILES string of the molecule is CCOC(=O)c1ccc(NC(=O)CSc2ccc(NC(=O)/C(=C/c3ccco3)NC(=O)c3ccccc3)cc2)cc1. The first-order valence-corrected chi connectivity index (χ1v) is 13.6. The minimum absolute atomic E-state index is 0.0132. The van der Waals surface area contributed by atoms with Gasteiger partial charge in [-0.3, -0.25) is 14.4 Å². The molecule has 9 nitrogen and oxygen atoms in total. The Morgan fingerprint density at radius 3 is 2.15 bits per heavy atom. The van der Waals surface area contributed by atoms with Crippen LogP contribution in [0.1, 0.15) is 33.4 Å². The smallest absolute Gasteiger partial charge is 0.338 e. The zero-order chi connectivity index (χ0) is 29.0. The lowest BCUT2D eigenvalue weighted by Gasteiger charge is -2.11. The molecular weight excluding hydrogens is 542 g/mol. The fraction of sp³-hybridized carbons (Fsp3) is 0.0968. The van der Waals surface area contributed by atoms with Crippen molar-refractivity contribution in [3.63, 3.8) is 0 Å². The summed E-state index contributed by atoms with van der Waals surface area (Å²) in [4.78, 5) is 50.7. The van der Waals surface area contributed by atoms with E-state index >= 15 is 0 Å². The molecular formula is C31H27N3O6S. The second kappa shape index (κ2) is 14.3. The highest BCUT2D eigenvalue weighted by Crippen LogP contribution is 2.21. The van der Waals surface area contributed by atoms with Crippen molar-refractivity contribution in [3.05, 3.63) is 120 Å². The lowest BCUT2D eigenvalue weighted by atomic mass is 10.2. The van der Waals surface area contributed by atoms with E-state index in [1.54, 1.807) is 97.9 Å². The zero-order valence-corrected chi connectivity index (χ0v) is 22.9. The Kier molecular flexibility index (Phi) is 10.1. The van der Waals surface area contributed by atoms with Crippen LogP contribution in [0.2, 0.25) is 0 Å². The van der Waals surface area contributed by atoms with Gasteiger partial charge in [-0.1, -0.05) is 18.2 Å². The molecule has 1 heterocycles. The van der Waals surface area contributed by atoms with Crippen LogP contribution in [0, 0.1) is 0 Å². The Hall–Kier alpha value is -5.09. The molecule has 41 heavy (non-hydrogen) atoms. The van der Waals surface area contributed by atoms with Crippen molar-refractivity contribution in [3.8, 4) is 0 Å². The van der Waals surface area contributed by atoms with Crippen LogP contribution in [0.15, 0.2) is 112 Å². The molecule has 0 radical (unpaired) electrons. The van der Waals surface area contributed by atoms with Gasteiger partial charge in [-0.15, -0.1) is 11.8 Å². The van der Waals surface area contributed by atoms with E-state index in [4.69, 9.17) is 9.15 Å². The third kappa shape index (κ3) is 8.70. The van der Waals surface area contributed by atoms with Crippen LogP contribution < -0.4 is 16.0 Å². The van der Waals surface area contributed by atoms with Crippen molar-refractivity contribution >= 4 is 52.9 Å². The third-order valence-corrected chi connectivity index (χ3v) is 6.53. The Labute approximate surface area is 241 Å². The van der Waals surface area contributed by atoms with Gasteiger partial charge in [-0.25, -0.2) is 4.79 Å². The predicted molar refractivity (Wildman–Crippen MR) is 157 cm³/mol. The summed E-state index contributed by atoms with van der Waals surface area (Å²) in [5.41, 5.74) is 1.90. The lowest BCUT2D eigenvalue weighted by Crippen LogP contribution is -2.30. The number of esters is 1. The second-order valence-electron chi connectivity index (χ2n) is 8.51. The molecule has 0 aliphatic rings. The van der Waals surface area contributed by atoms with Gasteiger partial charge < -0.3 is 25.1 Å². The average molecular weight is 570 g/mol. The second-order valence-corrected chi connectivity index (χ2v) is 9.56. The summed E-state index contributed by atoms with van der Waals surface area (Å²) in [6.07, 6.45) is 2.92. The van der Waals surface area contributed by atoms with Gasteiger partial charge in [0.2, 0.25) is 5.91 Å². The Bertz CT molecular complexity index is 1520.